The first kappa shape index (κ1) is 119. The van der Waals surface area contributed by atoms with E-state index >= 15 is 0 Å². The second-order valence-electron chi connectivity index (χ2n) is 33.2. The van der Waals surface area contributed by atoms with E-state index < -0.39 is 0 Å². The van der Waals surface area contributed by atoms with E-state index in [0.717, 1.165) is 89.0 Å². The van der Waals surface area contributed by atoms with Gasteiger partial charge in [-0.05, 0) is 179 Å². The first-order valence-corrected chi connectivity index (χ1v) is 56.5. The molecule has 25 heteroatoms. The summed E-state index contributed by atoms with van der Waals surface area (Å²) in [6.45, 7) is 58.7. The van der Waals surface area contributed by atoms with Crippen LogP contribution in [0.5, 0.6) is 28.7 Å². The van der Waals surface area contributed by atoms with Gasteiger partial charge >= 0.3 is 143 Å². The van der Waals surface area contributed by atoms with Crippen molar-refractivity contribution in [2.75, 3.05) is 13.1 Å². The molecule has 0 spiro atoms. The van der Waals surface area contributed by atoms with Crippen LogP contribution >= 0.6 is 89.4 Å². The Hall–Kier alpha value is -1.83. The van der Waals surface area contributed by atoms with Crippen molar-refractivity contribution >= 4 is 142 Å². The monoisotopic (exact) mass is 2030 g/mol. The quantitative estimate of drug-likeness (QED) is 0.0283. The molecular formula is C98H131Cl5N5O5P5Ti5. The Morgan fingerprint density at radius 1 is 0.293 bits per heavy atom. The number of hydrogen-bond donors (Lipinski definition) is 5. The number of nitrogens with zero attached hydrogens (tertiary/aromatic N) is 5. The van der Waals surface area contributed by atoms with E-state index in [9.17, 15) is 25.5 Å². The zero-order valence-electron chi connectivity index (χ0n) is 76.8. The molecule has 0 aliphatic carbocycles. The van der Waals surface area contributed by atoms with Gasteiger partial charge in [-0.15, -0.1) is 50.8 Å². The molecule has 0 aromatic heterocycles. The average molecular weight is 2030 g/mol. The number of benzene rings is 10. The fourth-order valence-electron chi connectivity index (χ4n) is 12.3. The summed E-state index contributed by atoms with van der Waals surface area (Å²) in [5, 5.41) is 86.6. The number of halogens is 5. The maximum absolute atomic E-state index is 11.1. The maximum atomic E-state index is 11.1. The summed E-state index contributed by atoms with van der Waals surface area (Å²) in [6.07, 6.45) is 0. The molecule has 10 aromatic carbocycles. The zero-order valence-corrected chi connectivity index (χ0v) is 93.4. The first-order chi connectivity index (χ1) is 58.2. The first-order valence-electron chi connectivity index (χ1n) is 40.8. The van der Waals surface area contributed by atoms with E-state index in [-0.39, 0.29) is 16.2 Å². The minimum absolute atomic E-state index is 0.0407. The van der Waals surface area contributed by atoms with Crippen LogP contribution in [0.2, 0.25) is 0 Å². The molecule has 10 aromatic rings. The van der Waals surface area contributed by atoms with Crippen molar-refractivity contribution < 1.29 is 122 Å². The number of para-hydroxylation sites is 2. The predicted molar refractivity (Wildman–Crippen MR) is 536 cm³/mol. The third-order valence-corrected chi connectivity index (χ3v) is 27.4. The third kappa shape index (κ3) is 42.3. The molecule has 0 saturated heterocycles. The van der Waals surface area contributed by atoms with Gasteiger partial charge in [0.1, 0.15) is 28.7 Å². The van der Waals surface area contributed by atoms with Crippen molar-refractivity contribution in [1.82, 2.24) is 0 Å². The van der Waals surface area contributed by atoms with E-state index in [1.807, 2.05) is 56.3 Å². The van der Waals surface area contributed by atoms with Crippen molar-refractivity contribution in [3.05, 3.63) is 292 Å². The van der Waals surface area contributed by atoms with Crippen molar-refractivity contribution in [2.24, 2.45) is 0 Å². The number of rotatable bonds is 25. The summed E-state index contributed by atoms with van der Waals surface area (Å²) < 4.78 is 0. The van der Waals surface area contributed by atoms with Gasteiger partial charge < -0.3 is 52.1 Å². The van der Waals surface area contributed by atoms with Gasteiger partial charge in [-0.2, -0.15) is 13.1 Å². The SMILES string of the molecule is CC[N-]Cc1cccc(C)c1Pc1cc(C(C)(C)C)cc(C(C)(C)C)c1O.CC[N-]Cc1cccc(C)c1Pc1cc(C(C)(C)C)cc(C)c1O.Cc1ccc(O)c(Pc2c(C)cccc2C[N-]C(C)C)c1.Cc1cccc(C[N-]C(C)C)c1Pc1ccccc1O.Cc1cccc(Pc2c(C)cccc2C[N-]C(C)C)c1O.[Cl][Ti+].[Cl][Ti+].[Cl][Ti+].[Cl][Ti+].[Cl][Ti+]. The molecule has 10 nitrogen and oxygen atoms in total. The fraction of sp³-hybridized carbons (Fsp3) is 0.388. The van der Waals surface area contributed by atoms with Gasteiger partial charge in [0.2, 0.25) is 0 Å². The number of aromatic hydroxyl groups is 5. The van der Waals surface area contributed by atoms with Gasteiger partial charge in [0.25, 0.3) is 0 Å². The number of hydrogen-bond acceptors (Lipinski definition) is 5. The van der Waals surface area contributed by atoms with Crippen molar-refractivity contribution in [1.29, 1.82) is 0 Å². The van der Waals surface area contributed by atoms with Crippen LogP contribution in [-0.2, 0) is 146 Å². The number of aryl methyl sites for hydroxylation is 8. The summed E-state index contributed by atoms with van der Waals surface area (Å²) in [7, 11) is 25.5. The topological polar surface area (TPSA) is 172 Å². The Kier molecular flexibility index (Phi) is 61.4. The molecular weight excluding hydrogens is 1900 g/mol. The molecule has 0 aliphatic heterocycles. The van der Waals surface area contributed by atoms with Crippen LogP contribution in [0.15, 0.2) is 176 Å². The van der Waals surface area contributed by atoms with Crippen LogP contribution < -0.4 is 53.0 Å². The third-order valence-electron chi connectivity index (χ3n) is 19.2. The van der Waals surface area contributed by atoms with E-state index in [4.69, 9.17) is 0 Å². The second-order valence-corrected chi connectivity index (χ2v) is 39.7. The van der Waals surface area contributed by atoms with Crippen LogP contribution in [0.4, 0.5) is 0 Å². The molecule has 123 heavy (non-hydrogen) atoms. The molecule has 0 radical (unpaired) electrons. The molecule has 5 atom stereocenters. The normalized spacial score (nSPS) is 11.3. The van der Waals surface area contributed by atoms with Crippen LogP contribution in [0.1, 0.15) is 207 Å². The molecule has 5 unspecified atom stereocenters. The van der Waals surface area contributed by atoms with Gasteiger partial charge in [0, 0.05) is 32.1 Å². The molecule has 5 N–H and O–H groups in total. The van der Waals surface area contributed by atoms with E-state index in [1.54, 1.807) is 12.1 Å². The van der Waals surface area contributed by atoms with Crippen LogP contribution in [0.25, 0.3) is 26.6 Å². The van der Waals surface area contributed by atoms with Crippen molar-refractivity contribution in [3.63, 3.8) is 0 Å². The van der Waals surface area contributed by atoms with Gasteiger partial charge in [0.05, 0.1) is 0 Å². The molecule has 0 heterocycles. The summed E-state index contributed by atoms with van der Waals surface area (Å²) in [5.74, 6) is 2.07. The fourth-order valence-corrected chi connectivity index (χ4v) is 19.1. The van der Waals surface area contributed by atoms with Crippen LogP contribution in [0, 0.1) is 55.4 Å². The Bertz CT molecular complexity index is 4700. The second kappa shape index (κ2) is 63.3. The van der Waals surface area contributed by atoms with Crippen molar-refractivity contribution in [2.45, 2.75) is 240 Å². The van der Waals surface area contributed by atoms with Gasteiger partial charge in [-0.25, -0.2) is 0 Å². The zero-order chi connectivity index (χ0) is 93.7. The van der Waals surface area contributed by atoms with E-state index in [0.29, 0.717) is 89.8 Å². The van der Waals surface area contributed by atoms with E-state index in [1.165, 1.54) is 196 Å². The molecule has 0 aliphatic rings. The van der Waals surface area contributed by atoms with Gasteiger partial charge in [0.15, 0.2) is 0 Å². The predicted octanol–water partition coefficient (Wildman–Crippen LogP) is 25.5. The Balaban J connectivity index is 0.000000751. The van der Waals surface area contributed by atoms with E-state index in [2.05, 4.69) is 354 Å². The standard InChI is InChI=1S/C24H35NOP.C21H29NOP.2C18H23NOP.C17H21NOP.5ClH.5Ti/c1-9-25-15-17-12-10-11-16(2)22(17)27-20-14-18(23(3,4)5)13-19(21(20)26)24(6,7)8;1-7-22-13-16-10-8-9-14(2)20(16)24-18-12-17(21(4,5)6)11-15(3)19(18)23;1-12(2)19-11-15-9-5-8-14(4)18(15)21-16-10-6-7-13(3)17(16)20;1-12(2)19-11-15-7-5-6-14(4)18(15)21-17-10-13(3)8-9-16(17)20;1-12(2)18-11-14-8-6-7-13(3)17(14)20-16-10-5-4-9-15(16)19;;;;;;;;;;/h10-14,26-27H,9,15H2,1-8H3;8-12,23-24H,7,13H2,1-6H3;2*5-10,12,20-21H,11H2,1-4H3;4-10,12,19-20H,11H2,1-3H3;5*1H;;;;;/q5*-1;;;;;;5*+2/p-5. The van der Waals surface area contributed by atoms with Gasteiger partial charge in [-0.1, -0.05) is 340 Å². The molecule has 0 saturated carbocycles. The van der Waals surface area contributed by atoms with Crippen molar-refractivity contribution in [3.8, 4) is 28.7 Å². The number of phenols is 5. The Morgan fingerprint density at radius 3 is 0.935 bits per heavy atom. The molecule has 10 rings (SSSR count). The molecule has 0 fully saturated rings. The van der Waals surface area contributed by atoms with Crippen LogP contribution in [-0.4, -0.2) is 56.7 Å². The average Bonchev–Trinajstić information content (AvgIpc) is 0.779. The summed E-state index contributed by atoms with van der Waals surface area (Å²) in [4.78, 5) is 0. The molecule has 658 valence electrons. The van der Waals surface area contributed by atoms with Crippen LogP contribution in [0.3, 0.4) is 0 Å². The molecule has 0 bridgehead atoms. The summed E-state index contributed by atoms with van der Waals surface area (Å²) in [6, 6.07) is 61.0. The van der Waals surface area contributed by atoms with Gasteiger partial charge in [-0.3, -0.25) is 0 Å². The Morgan fingerprint density at radius 2 is 0.585 bits per heavy atom. The minimum atomic E-state index is -0.101. The summed E-state index contributed by atoms with van der Waals surface area (Å²) in [5.41, 5.74) is 19.4. The Labute approximate surface area is 829 Å². The molecule has 0 amide bonds. The number of phenolic OH excluding ortho intramolecular Hbond substituents is 5. The summed E-state index contributed by atoms with van der Waals surface area (Å²) >= 11 is 7.36.